The number of rotatable bonds is 3. The molecule has 0 aliphatic rings. The van der Waals surface area contributed by atoms with E-state index in [-0.39, 0.29) is 0 Å². The summed E-state index contributed by atoms with van der Waals surface area (Å²) in [5, 5.41) is 0. The number of thioether (sulfide) groups is 1. The molecule has 0 bridgehead atoms. The van der Waals surface area contributed by atoms with Crippen LogP contribution in [0.5, 0.6) is 0 Å². The Bertz CT molecular complexity index is 174. The van der Waals surface area contributed by atoms with Crippen LogP contribution in [0.15, 0.2) is 35.2 Å². The molecule has 0 N–H and O–H groups in total. The van der Waals surface area contributed by atoms with E-state index in [4.69, 9.17) is 0 Å². The quantitative estimate of drug-likeness (QED) is 0.459. The fraction of sp³-hybridized carbons (Fsp3) is 0.250. The minimum absolute atomic E-state index is 1.21. The van der Waals surface area contributed by atoms with Gasteiger partial charge in [0.25, 0.3) is 0 Å². The first-order valence-electron chi connectivity index (χ1n) is 3.17. The third kappa shape index (κ3) is 2.92. The number of hydrogen-bond acceptors (Lipinski definition) is 1. The van der Waals surface area contributed by atoms with E-state index >= 15 is 0 Å². The van der Waals surface area contributed by atoms with E-state index in [1.165, 1.54) is 15.1 Å². The van der Waals surface area contributed by atoms with Crippen LogP contribution in [0, 0.1) is 0 Å². The highest BCUT2D eigenvalue weighted by atomic mass is 127. The van der Waals surface area contributed by atoms with Crippen LogP contribution < -0.4 is 0 Å². The average molecular weight is 264 g/mol. The Morgan fingerprint density at radius 3 is 2.50 bits per heavy atom. The van der Waals surface area contributed by atoms with Crippen molar-refractivity contribution in [1.29, 1.82) is 0 Å². The van der Waals surface area contributed by atoms with E-state index in [1.54, 1.807) is 0 Å². The Kier molecular flexibility index (Phi) is 4.21. The van der Waals surface area contributed by atoms with Crippen molar-refractivity contribution in [1.82, 2.24) is 0 Å². The van der Waals surface area contributed by atoms with E-state index in [0.717, 1.165) is 0 Å². The standard InChI is InChI=1S/C8H9IS/c9-6-7-10-8-4-2-1-3-5-8/h1-5H,6-7H2. The lowest BCUT2D eigenvalue weighted by Crippen LogP contribution is -1.76. The zero-order chi connectivity index (χ0) is 7.23. The van der Waals surface area contributed by atoms with Gasteiger partial charge in [-0.1, -0.05) is 40.8 Å². The minimum Gasteiger partial charge on any atom is -0.125 e. The molecule has 1 aromatic rings. The van der Waals surface area contributed by atoms with Gasteiger partial charge < -0.3 is 0 Å². The van der Waals surface area contributed by atoms with Gasteiger partial charge in [0.15, 0.2) is 0 Å². The van der Waals surface area contributed by atoms with Crippen molar-refractivity contribution in [3.63, 3.8) is 0 Å². The third-order valence-electron chi connectivity index (χ3n) is 1.09. The maximum Gasteiger partial charge on any atom is 0.00898 e. The number of alkyl halides is 1. The van der Waals surface area contributed by atoms with E-state index < -0.39 is 0 Å². The maximum atomic E-state index is 2.39. The highest BCUT2D eigenvalue weighted by Crippen LogP contribution is 2.16. The molecule has 0 amide bonds. The van der Waals surface area contributed by atoms with Gasteiger partial charge in [0, 0.05) is 15.1 Å². The molecule has 0 spiro atoms. The second-order valence-corrected chi connectivity index (χ2v) is 4.10. The molecule has 0 aliphatic heterocycles. The lowest BCUT2D eigenvalue weighted by atomic mass is 10.4. The molecule has 54 valence electrons. The summed E-state index contributed by atoms with van der Waals surface area (Å²) in [7, 11) is 0. The van der Waals surface area contributed by atoms with Gasteiger partial charge >= 0.3 is 0 Å². The van der Waals surface area contributed by atoms with Crippen molar-refractivity contribution in [2.24, 2.45) is 0 Å². The molecule has 1 aromatic carbocycles. The first kappa shape index (κ1) is 8.40. The van der Waals surface area contributed by atoms with E-state index in [9.17, 15) is 0 Å². The molecule has 10 heavy (non-hydrogen) atoms. The Labute approximate surface area is 79.5 Å². The predicted molar refractivity (Wildman–Crippen MR) is 56.1 cm³/mol. The molecule has 0 fully saturated rings. The van der Waals surface area contributed by atoms with Gasteiger partial charge in [-0.2, -0.15) is 0 Å². The number of hydrogen-bond donors (Lipinski definition) is 0. The van der Waals surface area contributed by atoms with Crippen LogP contribution in [-0.2, 0) is 0 Å². The van der Waals surface area contributed by atoms with E-state index in [1.807, 2.05) is 17.8 Å². The minimum atomic E-state index is 1.21. The largest absolute Gasteiger partial charge is 0.125 e. The van der Waals surface area contributed by atoms with Crippen molar-refractivity contribution in [3.8, 4) is 0 Å². The smallest absolute Gasteiger partial charge is 0.00898 e. The summed E-state index contributed by atoms with van der Waals surface area (Å²) in [5.41, 5.74) is 0. The highest BCUT2D eigenvalue weighted by Gasteiger charge is 1.88. The maximum absolute atomic E-state index is 2.39. The molecular formula is C8H9IS. The summed E-state index contributed by atoms with van der Waals surface area (Å²) >= 11 is 4.31. The molecule has 0 atom stereocenters. The number of halogens is 1. The molecule has 1 rings (SSSR count). The molecule has 0 heterocycles. The van der Waals surface area contributed by atoms with Gasteiger partial charge in [0.1, 0.15) is 0 Å². The van der Waals surface area contributed by atoms with Crippen molar-refractivity contribution in [2.45, 2.75) is 4.90 Å². The van der Waals surface area contributed by atoms with Crippen LogP contribution in [0.2, 0.25) is 0 Å². The second-order valence-electron chi connectivity index (χ2n) is 1.85. The van der Waals surface area contributed by atoms with Gasteiger partial charge in [-0.15, -0.1) is 11.8 Å². The van der Waals surface area contributed by atoms with Crippen LogP contribution in [0.1, 0.15) is 0 Å². The fourth-order valence-electron chi connectivity index (χ4n) is 0.673. The normalized spacial score (nSPS) is 9.70. The summed E-state index contributed by atoms with van der Waals surface area (Å²) < 4.78 is 1.22. The van der Waals surface area contributed by atoms with Crippen LogP contribution >= 0.6 is 34.4 Å². The SMILES string of the molecule is ICCSc1ccccc1. The lowest BCUT2D eigenvalue weighted by Gasteiger charge is -1.95. The predicted octanol–water partition coefficient (Wildman–Crippen LogP) is 3.21. The molecule has 0 nitrogen and oxygen atoms in total. The number of benzene rings is 1. The first-order valence-corrected chi connectivity index (χ1v) is 5.68. The third-order valence-corrected chi connectivity index (χ3v) is 3.37. The Morgan fingerprint density at radius 1 is 1.20 bits per heavy atom. The van der Waals surface area contributed by atoms with Gasteiger partial charge in [-0.25, -0.2) is 0 Å². The van der Waals surface area contributed by atoms with Crippen molar-refractivity contribution in [2.75, 3.05) is 10.2 Å². The highest BCUT2D eigenvalue weighted by molar-refractivity contribution is 14.1. The van der Waals surface area contributed by atoms with E-state index in [0.29, 0.717) is 0 Å². The molecule has 0 saturated carbocycles. The Morgan fingerprint density at radius 2 is 1.90 bits per heavy atom. The van der Waals surface area contributed by atoms with Gasteiger partial charge in [0.05, 0.1) is 0 Å². The summed E-state index contributed by atoms with van der Waals surface area (Å²) in [6.07, 6.45) is 0. The fourth-order valence-corrected chi connectivity index (χ4v) is 2.00. The van der Waals surface area contributed by atoms with Crippen molar-refractivity contribution in [3.05, 3.63) is 30.3 Å². The van der Waals surface area contributed by atoms with E-state index in [2.05, 4.69) is 46.9 Å². The van der Waals surface area contributed by atoms with Crippen LogP contribution in [0.4, 0.5) is 0 Å². The molecule has 2 heteroatoms. The van der Waals surface area contributed by atoms with Crippen LogP contribution in [0.3, 0.4) is 0 Å². The Hall–Kier alpha value is 0.300. The van der Waals surface area contributed by atoms with Gasteiger partial charge in [0.2, 0.25) is 0 Å². The summed E-state index contributed by atoms with van der Waals surface area (Å²) in [5.74, 6) is 1.21. The van der Waals surface area contributed by atoms with Crippen LogP contribution in [-0.4, -0.2) is 10.2 Å². The monoisotopic (exact) mass is 264 g/mol. The summed E-state index contributed by atoms with van der Waals surface area (Å²) in [4.78, 5) is 1.37. The summed E-state index contributed by atoms with van der Waals surface area (Å²) in [6.45, 7) is 0. The second kappa shape index (κ2) is 5.02. The topological polar surface area (TPSA) is 0 Å². The molecule has 0 radical (unpaired) electrons. The Balaban J connectivity index is 2.43. The zero-order valence-corrected chi connectivity index (χ0v) is 8.56. The lowest BCUT2D eigenvalue weighted by molar-refractivity contribution is 1.45. The van der Waals surface area contributed by atoms with Crippen molar-refractivity contribution >= 4 is 34.4 Å². The van der Waals surface area contributed by atoms with Gasteiger partial charge in [-0.05, 0) is 12.1 Å². The average Bonchev–Trinajstić information content (AvgIpc) is 2.03. The van der Waals surface area contributed by atoms with Gasteiger partial charge in [-0.3, -0.25) is 0 Å². The molecule has 0 saturated heterocycles. The van der Waals surface area contributed by atoms with Crippen LogP contribution in [0.25, 0.3) is 0 Å². The van der Waals surface area contributed by atoms with Crippen molar-refractivity contribution < 1.29 is 0 Å². The summed E-state index contributed by atoms with van der Waals surface area (Å²) in [6, 6.07) is 10.5. The first-order chi connectivity index (χ1) is 4.93. The molecule has 0 aliphatic carbocycles. The molecule has 0 aromatic heterocycles. The zero-order valence-electron chi connectivity index (χ0n) is 5.59. The molecule has 0 unspecified atom stereocenters. The molecular weight excluding hydrogens is 255 g/mol.